The molecule has 0 aromatic heterocycles. The summed E-state index contributed by atoms with van der Waals surface area (Å²) in [5, 5.41) is 3.20. The predicted octanol–water partition coefficient (Wildman–Crippen LogP) is 9.80. The summed E-state index contributed by atoms with van der Waals surface area (Å²) in [7, 11) is -0.330. The minimum Gasteiger partial charge on any atom is -0.249 e. The Balaban J connectivity index is 4.02. The maximum Gasteiger partial charge on any atom is 0.183 e. The van der Waals surface area contributed by atoms with Gasteiger partial charge in [0.2, 0.25) is 0 Å². The van der Waals surface area contributed by atoms with E-state index in [1.807, 2.05) is 0 Å². The van der Waals surface area contributed by atoms with Crippen LogP contribution in [0.3, 0.4) is 0 Å². The molecule has 2 unspecified atom stereocenters. The minimum atomic E-state index is -1.33. The minimum absolute atomic E-state index is 0.0630. The van der Waals surface area contributed by atoms with Gasteiger partial charge < -0.3 is 0 Å². The summed E-state index contributed by atoms with van der Waals surface area (Å²) in [6.07, 6.45) is 0. The van der Waals surface area contributed by atoms with Crippen molar-refractivity contribution in [1.29, 1.82) is 0 Å². The van der Waals surface area contributed by atoms with Crippen LogP contribution in [-0.4, -0.2) is 38.5 Å². The molecular weight excluding hydrogens is 390 g/mol. The van der Waals surface area contributed by atoms with Crippen LogP contribution in [0.25, 0.3) is 0 Å². The maximum atomic E-state index is 5.50. The monoisotopic (exact) mass is 436 g/mol. The van der Waals surface area contributed by atoms with Gasteiger partial charge >= 0.3 is 0 Å². The Kier molecular flexibility index (Phi) is 7.41. The Labute approximate surface area is 169 Å². The molecule has 0 aliphatic carbocycles. The number of nitrogens with zero attached hydrogens (tertiary/aromatic N) is 1. The first-order valence-electron chi connectivity index (χ1n) is 10.0. The fraction of sp³-hybridized carbons (Fsp3) is 0.952. The summed E-state index contributed by atoms with van der Waals surface area (Å²) in [6.45, 7) is 36.2. The third-order valence-corrected chi connectivity index (χ3v) is 42.5. The van der Waals surface area contributed by atoms with Crippen LogP contribution >= 0.6 is 29.2 Å². The van der Waals surface area contributed by atoms with Crippen LogP contribution in [0.15, 0.2) is 4.99 Å². The topological polar surface area (TPSA) is 12.4 Å². The van der Waals surface area contributed by atoms with E-state index in [0.29, 0.717) is 26.7 Å². The molecule has 0 N–H and O–H groups in total. The van der Waals surface area contributed by atoms with E-state index >= 15 is 0 Å². The molecule has 0 saturated carbocycles. The van der Waals surface area contributed by atoms with Crippen molar-refractivity contribution in [3.63, 3.8) is 0 Å². The molecule has 1 rings (SSSR count). The Morgan fingerprint density at radius 2 is 1.15 bits per heavy atom. The van der Waals surface area contributed by atoms with Crippen molar-refractivity contribution in [3.05, 3.63) is 0 Å². The highest BCUT2D eigenvalue weighted by atomic mass is 32.7. The van der Waals surface area contributed by atoms with E-state index in [4.69, 9.17) is 4.99 Å². The second-order valence-corrected chi connectivity index (χ2v) is 32.6. The zero-order chi connectivity index (χ0) is 21.1. The molecule has 0 aromatic carbocycles. The quantitative estimate of drug-likeness (QED) is 0.363. The van der Waals surface area contributed by atoms with Gasteiger partial charge in [-0.05, 0) is 44.9 Å². The van der Waals surface area contributed by atoms with Gasteiger partial charge in [-0.2, -0.15) is 0 Å². The number of hydrogen-bond acceptors (Lipinski definition) is 1. The smallest absolute Gasteiger partial charge is 0.183 e. The normalized spacial score (nSPS) is 33.4. The molecule has 0 spiro atoms. The number of rotatable bonds is 1. The van der Waals surface area contributed by atoms with Gasteiger partial charge in [0.05, 0.1) is 26.1 Å². The highest BCUT2D eigenvalue weighted by Gasteiger charge is 2.73. The second-order valence-electron chi connectivity index (χ2n) is 12.1. The Bertz CT molecular complexity index is 540. The molecular formula is C21H46NP4+. The van der Waals surface area contributed by atoms with Crippen molar-refractivity contribution >= 4 is 34.4 Å². The molecule has 4 atom stereocenters. The zero-order valence-electron chi connectivity index (χ0n) is 20.3. The van der Waals surface area contributed by atoms with Crippen LogP contribution in [0.5, 0.6) is 0 Å². The first kappa shape index (κ1) is 25.4. The van der Waals surface area contributed by atoms with Gasteiger partial charge in [-0.25, -0.2) is 4.99 Å². The molecule has 0 radical (unpaired) electrons. The van der Waals surface area contributed by atoms with Crippen LogP contribution in [0.2, 0.25) is 0 Å². The lowest BCUT2D eigenvalue weighted by Gasteiger charge is -2.45. The molecule has 0 amide bonds. The van der Waals surface area contributed by atoms with Crippen molar-refractivity contribution in [1.82, 2.24) is 0 Å². The van der Waals surface area contributed by atoms with E-state index in [9.17, 15) is 0 Å². The maximum absolute atomic E-state index is 5.50. The Morgan fingerprint density at radius 3 is 1.38 bits per heavy atom. The molecule has 1 aliphatic heterocycles. The number of aliphatic imine (C=N–C) groups is 1. The fourth-order valence-electron chi connectivity index (χ4n) is 3.64. The summed E-state index contributed by atoms with van der Waals surface area (Å²) in [6, 6.07) is 0.408. The first-order valence-corrected chi connectivity index (χ1v) is 18.4. The third-order valence-electron chi connectivity index (χ3n) is 4.84. The average molecular weight is 437 g/mol. The third kappa shape index (κ3) is 4.75. The van der Waals surface area contributed by atoms with Crippen LogP contribution in [0, 0.1) is 0 Å². The lowest BCUT2D eigenvalue weighted by molar-refractivity contribution is 0.772. The molecule has 1 fully saturated rings. The molecule has 154 valence electrons. The van der Waals surface area contributed by atoms with E-state index in [2.05, 4.69) is 104 Å². The summed E-state index contributed by atoms with van der Waals surface area (Å²) in [5.74, 6) is 0. The fourth-order valence-corrected chi connectivity index (χ4v) is 57.1. The van der Waals surface area contributed by atoms with Crippen molar-refractivity contribution in [2.45, 2.75) is 124 Å². The highest BCUT2D eigenvalue weighted by molar-refractivity contribution is 8.92. The standard InChI is InChI=1S/C21H46NP4/c1-16(2)22-17-23(18(3,4)5)24(19(6,7)8)25(20(9,10)11)26(17,15)21(12,13)14/h16H,1-15H3/q+1/t23?,24-,25+,26?/m0/s1. The van der Waals surface area contributed by atoms with Crippen LogP contribution < -0.4 is 0 Å². The summed E-state index contributed by atoms with van der Waals surface area (Å²) >= 11 is 0. The van der Waals surface area contributed by atoms with Crippen molar-refractivity contribution in [2.24, 2.45) is 4.99 Å². The second kappa shape index (κ2) is 7.58. The largest absolute Gasteiger partial charge is 0.249 e. The molecule has 5 heteroatoms. The van der Waals surface area contributed by atoms with E-state index in [-0.39, 0.29) is 22.2 Å². The van der Waals surface area contributed by atoms with E-state index in [0.717, 1.165) is 0 Å². The lowest BCUT2D eigenvalue weighted by atomic mass is 10.3. The molecule has 1 heterocycles. The Hall–Kier alpha value is 1.39. The molecule has 1 nitrogen and oxygen atoms in total. The average Bonchev–Trinajstić information content (AvgIpc) is 2.57. The van der Waals surface area contributed by atoms with Crippen molar-refractivity contribution in [2.75, 3.05) is 6.66 Å². The summed E-state index contributed by atoms with van der Waals surface area (Å²) in [5.41, 5.74) is 0. The number of hydrogen-bond donors (Lipinski definition) is 0. The van der Waals surface area contributed by atoms with Gasteiger partial charge in [0.25, 0.3) is 0 Å². The van der Waals surface area contributed by atoms with Crippen molar-refractivity contribution < 1.29 is 0 Å². The van der Waals surface area contributed by atoms with E-state index < -0.39 is 6.95 Å². The molecule has 26 heavy (non-hydrogen) atoms. The van der Waals surface area contributed by atoms with E-state index in [1.165, 1.54) is 0 Å². The summed E-state index contributed by atoms with van der Waals surface area (Å²) in [4.78, 5) is 5.50. The van der Waals surface area contributed by atoms with Gasteiger partial charge in [0.15, 0.2) is 5.19 Å². The molecule has 0 aromatic rings. The SMILES string of the molecule is CC(C)N=C1P(C(C)(C)C)[P@](C(C)(C)C)[P@@](C(C)(C)C)[P+]1(C)C(C)(C)C. The highest BCUT2D eigenvalue weighted by Crippen LogP contribution is 3.18. The lowest BCUT2D eigenvalue weighted by Crippen LogP contribution is -2.26. The zero-order valence-corrected chi connectivity index (χ0v) is 23.9. The molecule has 0 bridgehead atoms. The van der Waals surface area contributed by atoms with Gasteiger partial charge in [-0.1, -0.05) is 62.3 Å². The van der Waals surface area contributed by atoms with Crippen molar-refractivity contribution in [3.8, 4) is 0 Å². The molecule has 1 saturated heterocycles. The first-order chi connectivity index (χ1) is 11.2. The van der Waals surface area contributed by atoms with Gasteiger partial charge in [-0.3, -0.25) is 0 Å². The van der Waals surface area contributed by atoms with Crippen LogP contribution in [0.1, 0.15) is 96.9 Å². The van der Waals surface area contributed by atoms with Gasteiger partial charge in [0, 0.05) is 26.1 Å². The predicted molar refractivity (Wildman–Crippen MR) is 135 cm³/mol. The Morgan fingerprint density at radius 1 is 0.731 bits per heavy atom. The van der Waals surface area contributed by atoms with Crippen LogP contribution in [0.4, 0.5) is 0 Å². The van der Waals surface area contributed by atoms with Gasteiger partial charge in [-0.15, -0.1) is 0 Å². The summed E-state index contributed by atoms with van der Waals surface area (Å²) < 4.78 is 0. The molecule has 1 aliphatic rings. The van der Waals surface area contributed by atoms with Crippen LogP contribution in [-0.2, 0) is 0 Å². The van der Waals surface area contributed by atoms with Gasteiger partial charge in [0.1, 0.15) is 0 Å². The van der Waals surface area contributed by atoms with E-state index in [1.54, 1.807) is 5.19 Å².